The van der Waals surface area contributed by atoms with Crippen molar-refractivity contribution in [3.63, 3.8) is 0 Å². The summed E-state index contributed by atoms with van der Waals surface area (Å²) in [5.74, 6) is 1.50. The fourth-order valence-electron chi connectivity index (χ4n) is 4.65. The molecule has 0 heterocycles. The van der Waals surface area contributed by atoms with Crippen LogP contribution in [-0.4, -0.2) is 44.1 Å². The maximum atomic E-state index is 14.0. The quantitative estimate of drug-likeness (QED) is 0.246. The van der Waals surface area contributed by atoms with Crippen molar-refractivity contribution in [2.75, 3.05) is 21.3 Å². The van der Waals surface area contributed by atoms with E-state index < -0.39 is 6.04 Å². The van der Waals surface area contributed by atoms with Gasteiger partial charge in [0, 0.05) is 19.5 Å². The van der Waals surface area contributed by atoms with Crippen molar-refractivity contribution in [2.45, 2.75) is 32.0 Å². The van der Waals surface area contributed by atoms with Gasteiger partial charge in [0.05, 0.1) is 27.8 Å². The minimum atomic E-state index is -0.733. The van der Waals surface area contributed by atoms with Crippen LogP contribution in [0.5, 0.6) is 17.2 Å². The van der Waals surface area contributed by atoms with E-state index in [1.165, 1.54) is 0 Å². The first-order chi connectivity index (χ1) is 20.0. The van der Waals surface area contributed by atoms with Crippen LogP contribution in [0.2, 0.25) is 0 Å². The average Bonchev–Trinajstić information content (AvgIpc) is 3.02. The summed E-state index contributed by atoms with van der Waals surface area (Å²) in [6, 6.07) is 31.7. The summed E-state index contributed by atoms with van der Waals surface area (Å²) in [4.78, 5) is 29.5. The highest BCUT2D eigenvalue weighted by molar-refractivity contribution is 5.89. The van der Waals surface area contributed by atoms with Gasteiger partial charge >= 0.3 is 0 Å². The molecular weight excluding hydrogens is 516 g/mol. The molecule has 2 amide bonds. The van der Waals surface area contributed by atoms with E-state index in [1.54, 1.807) is 38.4 Å². The molecule has 0 unspecified atom stereocenters. The summed E-state index contributed by atoms with van der Waals surface area (Å²) in [6.45, 7) is 0.623. The molecule has 0 bridgehead atoms. The SMILES string of the molecule is COc1ccc(CNC(=O)[C@@H](Cc2ccccc2)N(Cc2ccccc2)C(=O)Cc2ccc(OC)c(OC)c2)cc1. The molecule has 0 radical (unpaired) electrons. The second-order valence-electron chi connectivity index (χ2n) is 9.64. The molecule has 0 aliphatic carbocycles. The number of hydrogen-bond donors (Lipinski definition) is 1. The van der Waals surface area contributed by atoms with E-state index in [9.17, 15) is 9.59 Å². The van der Waals surface area contributed by atoms with E-state index >= 15 is 0 Å². The lowest BCUT2D eigenvalue weighted by atomic mass is 10.0. The molecule has 4 rings (SSSR count). The standard InChI is InChI=1S/C34H36N2O5/c1-39-29-17-14-26(15-18-29)23-35-34(38)30(20-25-10-6-4-7-11-25)36(24-27-12-8-5-9-13-27)33(37)22-28-16-19-31(40-2)32(21-28)41-3/h4-19,21,30H,20,22-24H2,1-3H3,(H,35,38)/t30-/m1/s1. The predicted octanol–water partition coefficient (Wildman–Crippen LogP) is 5.21. The van der Waals surface area contributed by atoms with E-state index in [1.807, 2.05) is 91.0 Å². The number of amides is 2. The van der Waals surface area contributed by atoms with Crippen molar-refractivity contribution in [2.24, 2.45) is 0 Å². The Morgan fingerprint density at radius 2 is 1.29 bits per heavy atom. The van der Waals surface area contributed by atoms with Gasteiger partial charge in [-0.2, -0.15) is 0 Å². The van der Waals surface area contributed by atoms with Crippen molar-refractivity contribution in [1.82, 2.24) is 10.2 Å². The summed E-state index contributed by atoms with van der Waals surface area (Å²) >= 11 is 0. The zero-order chi connectivity index (χ0) is 29.0. The third-order valence-electron chi connectivity index (χ3n) is 6.90. The van der Waals surface area contributed by atoms with Gasteiger partial charge in [0.15, 0.2) is 11.5 Å². The van der Waals surface area contributed by atoms with E-state index in [-0.39, 0.29) is 18.2 Å². The number of carbonyl (C=O) groups excluding carboxylic acids is 2. The molecule has 0 fully saturated rings. The Hall–Kier alpha value is -4.78. The zero-order valence-corrected chi connectivity index (χ0v) is 23.7. The summed E-state index contributed by atoms with van der Waals surface area (Å²) in [5.41, 5.74) is 3.61. The molecule has 41 heavy (non-hydrogen) atoms. The summed E-state index contributed by atoms with van der Waals surface area (Å²) in [5, 5.41) is 3.06. The first kappa shape index (κ1) is 29.2. The zero-order valence-electron chi connectivity index (χ0n) is 23.7. The van der Waals surface area contributed by atoms with Gasteiger partial charge in [-0.05, 0) is 46.5 Å². The molecule has 212 valence electrons. The molecule has 0 saturated heterocycles. The van der Waals surface area contributed by atoms with Crippen LogP contribution in [-0.2, 0) is 35.5 Å². The number of nitrogens with one attached hydrogen (secondary N) is 1. The van der Waals surface area contributed by atoms with Gasteiger partial charge in [-0.25, -0.2) is 0 Å². The highest BCUT2D eigenvalue weighted by atomic mass is 16.5. The lowest BCUT2D eigenvalue weighted by Crippen LogP contribution is -2.50. The fourth-order valence-corrected chi connectivity index (χ4v) is 4.65. The van der Waals surface area contributed by atoms with E-state index in [0.717, 1.165) is 28.0 Å². The Morgan fingerprint density at radius 1 is 0.683 bits per heavy atom. The van der Waals surface area contributed by atoms with Gasteiger partial charge in [-0.15, -0.1) is 0 Å². The molecule has 0 saturated carbocycles. The lowest BCUT2D eigenvalue weighted by Gasteiger charge is -2.32. The molecule has 1 N–H and O–H groups in total. The van der Waals surface area contributed by atoms with E-state index in [0.29, 0.717) is 31.0 Å². The number of hydrogen-bond acceptors (Lipinski definition) is 5. The Balaban J connectivity index is 1.63. The van der Waals surface area contributed by atoms with Gasteiger partial charge in [-0.3, -0.25) is 9.59 Å². The van der Waals surface area contributed by atoms with Crippen LogP contribution >= 0.6 is 0 Å². The van der Waals surface area contributed by atoms with Crippen LogP contribution in [0.15, 0.2) is 103 Å². The molecule has 4 aromatic carbocycles. The van der Waals surface area contributed by atoms with E-state index in [4.69, 9.17) is 14.2 Å². The Morgan fingerprint density at radius 3 is 1.90 bits per heavy atom. The maximum absolute atomic E-state index is 14.0. The van der Waals surface area contributed by atoms with Gasteiger partial charge in [0.25, 0.3) is 0 Å². The van der Waals surface area contributed by atoms with Crippen molar-refractivity contribution < 1.29 is 23.8 Å². The fraction of sp³-hybridized carbons (Fsp3) is 0.235. The third-order valence-corrected chi connectivity index (χ3v) is 6.90. The van der Waals surface area contributed by atoms with E-state index in [2.05, 4.69) is 5.32 Å². The number of benzene rings is 4. The normalized spacial score (nSPS) is 11.3. The minimum Gasteiger partial charge on any atom is -0.497 e. The summed E-state index contributed by atoms with van der Waals surface area (Å²) in [7, 11) is 4.75. The first-order valence-corrected chi connectivity index (χ1v) is 13.5. The molecule has 4 aromatic rings. The number of carbonyl (C=O) groups is 2. The van der Waals surface area contributed by atoms with Crippen molar-refractivity contribution >= 4 is 11.8 Å². The first-order valence-electron chi connectivity index (χ1n) is 13.5. The second-order valence-corrected chi connectivity index (χ2v) is 9.64. The van der Waals surface area contributed by atoms with Crippen LogP contribution in [0.3, 0.4) is 0 Å². The van der Waals surface area contributed by atoms with Crippen LogP contribution in [0.4, 0.5) is 0 Å². The number of rotatable bonds is 13. The average molecular weight is 553 g/mol. The van der Waals surface area contributed by atoms with Crippen molar-refractivity contribution in [3.8, 4) is 17.2 Å². The monoisotopic (exact) mass is 552 g/mol. The number of methoxy groups -OCH3 is 3. The van der Waals surface area contributed by atoms with Gasteiger partial charge in [-0.1, -0.05) is 78.9 Å². The number of ether oxygens (including phenoxy) is 3. The maximum Gasteiger partial charge on any atom is 0.243 e. The Bertz CT molecular complexity index is 1410. The molecule has 7 nitrogen and oxygen atoms in total. The highest BCUT2D eigenvalue weighted by Crippen LogP contribution is 2.28. The molecule has 7 heteroatoms. The molecular formula is C34H36N2O5. The predicted molar refractivity (Wildman–Crippen MR) is 159 cm³/mol. The van der Waals surface area contributed by atoms with Crippen molar-refractivity contribution in [3.05, 3.63) is 125 Å². The highest BCUT2D eigenvalue weighted by Gasteiger charge is 2.30. The topological polar surface area (TPSA) is 77.1 Å². The largest absolute Gasteiger partial charge is 0.497 e. The lowest BCUT2D eigenvalue weighted by molar-refractivity contribution is -0.140. The van der Waals surface area contributed by atoms with Gasteiger partial charge < -0.3 is 24.4 Å². The van der Waals surface area contributed by atoms with Crippen LogP contribution < -0.4 is 19.5 Å². The van der Waals surface area contributed by atoms with Crippen LogP contribution in [0.25, 0.3) is 0 Å². The Kier molecular flexibility index (Phi) is 10.4. The van der Waals surface area contributed by atoms with Crippen molar-refractivity contribution in [1.29, 1.82) is 0 Å². The molecule has 0 spiro atoms. The van der Waals surface area contributed by atoms with Gasteiger partial charge in [0.1, 0.15) is 11.8 Å². The number of nitrogens with zero attached hydrogens (tertiary/aromatic N) is 1. The second kappa shape index (κ2) is 14.6. The third kappa shape index (κ3) is 8.11. The van der Waals surface area contributed by atoms with Crippen LogP contribution in [0.1, 0.15) is 22.3 Å². The summed E-state index contributed by atoms with van der Waals surface area (Å²) < 4.78 is 16.0. The minimum absolute atomic E-state index is 0.101. The molecule has 1 atom stereocenters. The summed E-state index contributed by atoms with van der Waals surface area (Å²) in [6.07, 6.45) is 0.476. The smallest absolute Gasteiger partial charge is 0.243 e. The molecule has 0 aliphatic heterocycles. The molecule has 0 aliphatic rings. The Labute approximate surface area is 241 Å². The van der Waals surface area contributed by atoms with Crippen LogP contribution in [0, 0.1) is 0 Å². The van der Waals surface area contributed by atoms with Gasteiger partial charge in [0.2, 0.25) is 11.8 Å². The molecule has 0 aromatic heterocycles.